The van der Waals surface area contributed by atoms with E-state index < -0.39 is 5.92 Å². The highest BCUT2D eigenvalue weighted by atomic mass is 79.9. The third-order valence-electron chi connectivity index (χ3n) is 2.78. The van der Waals surface area contributed by atoms with Gasteiger partial charge in [0.25, 0.3) is 0 Å². The second-order valence-electron chi connectivity index (χ2n) is 4.18. The second kappa shape index (κ2) is 7.78. The Morgan fingerprint density at radius 1 is 1.53 bits per heavy atom. The number of amidine groups is 1. The predicted octanol–water partition coefficient (Wildman–Crippen LogP) is 2.23. The van der Waals surface area contributed by atoms with Gasteiger partial charge >= 0.3 is 0 Å². The topological polar surface area (TPSA) is 87.7 Å². The molecule has 6 heteroatoms. The van der Waals surface area contributed by atoms with E-state index in [1.807, 2.05) is 31.2 Å². The van der Waals surface area contributed by atoms with Crippen LogP contribution < -0.4 is 11.1 Å². The summed E-state index contributed by atoms with van der Waals surface area (Å²) >= 11 is 3.42. The SMILES string of the molecule is CCCC(C(=O)NCc1ccccc1Br)C(N)=NO. The van der Waals surface area contributed by atoms with E-state index in [9.17, 15) is 4.79 Å². The molecule has 0 heterocycles. The van der Waals surface area contributed by atoms with Gasteiger partial charge in [-0.2, -0.15) is 0 Å². The molecule has 5 nitrogen and oxygen atoms in total. The van der Waals surface area contributed by atoms with Crippen LogP contribution in [0.3, 0.4) is 0 Å². The Bertz CT molecular complexity index is 463. The Balaban J connectivity index is 2.65. The van der Waals surface area contributed by atoms with Crippen molar-refractivity contribution in [2.75, 3.05) is 0 Å². The Kier molecular flexibility index (Phi) is 6.35. The number of hydrogen-bond acceptors (Lipinski definition) is 3. The number of oxime groups is 1. The average Bonchev–Trinajstić information content (AvgIpc) is 2.42. The Labute approximate surface area is 121 Å². The Morgan fingerprint density at radius 3 is 2.79 bits per heavy atom. The fourth-order valence-electron chi connectivity index (χ4n) is 1.72. The predicted molar refractivity (Wildman–Crippen MR) is 77.8 cm³/mol. The van der Waals surface area contributed by atoms with Crippen molar-refractivity contribution in [3.8, 4) is 0 Å². The summed E-state index contributed by atoms with van der Waals surface area (Å²) in [7, 11) is 0. The van der Waals surface area contributed by atoms with Crippen LogP contribution in [0, 0.1) is 5.92 Å². The van der Waals surface area contributed by atoms with Gasteiger partial charge in [-0.15, -0.1) is 0 Å². The van der Waals surface area contributed by atoms with Gasteiger partial charge in [0.2, 0.25) is 5.91 Å². The molecule has 0 saturated carbocycles. The molecule has 0 aliphatic carbocycles. The Hall–Kier alpha value is -1.56. The van der Waals surface area contributed by atoms with Gasteiger partial charge in [0.15, 0.2) is 5.84 Å². The van der Waals surface area contributed by atoms with Crippen LogP contribution in [0.2, 0.25) is 0 Å². The van der Waals surface area contributed by atoms with Crippen LogP contribution in [0.15, 0.2) is 33.9 Å². The zero-order valence-corrected chi connectivity index (χ0v) is 12.4. The lowest BCUT2D eigenvalue weighted by molar-refractivity contribution is -0.123. The van der Waals surface area contributed by atoms with Gasteiger partial charge in [-0.05, 0) is 18.1 Å². The van der Waals surface area contributed by atoms with Crippen LogP contribution in [0.4, 0.5) is 0 Å². The third kappa shape index (κ3) is 4.55. The van der Waals surface area contributed by atoms with E-state index in [2.05, 4.69) is 26.4 Å². The molecule has 0 aromatic heterocycles. The first-order chi connectivity index (χ1) is 9.10. The minimum atomic E-state index is -0.586. The van der Waals surface area contributed by atoms with Crippen LogP contribution in [-0.4, -0.2) is 17.0 Å². The summed E-state index contributed by atoms with van der Waals surface area (Å²) in [5.41, 5.74) is 6.51. The van der Waals surface area contributed by atoms with Crippen LogP contribution in [0.1, 0.15) is 25.3 Å². The number of amides is 1. The molecule has 0 aliphatic rings. The molecule has 1 unspecified atom stereocenters. The summed E-state index contributed by atoms with van der Waals surface area (Å²) in [5, 5.41) is 14.4. The molecule has 0 aliphatic heterocycles. The zero-order valence-electron chi connectivity index (χ0n) is 10.8. The number of nitrogens with zero attached hydrogens (tertiary/aromatic N) is 1. The van der Waals surface area contributed by atoms with Crippen molar-refractivity contribution in [2.45, 2.75) is 26.3 Å². The van der Waals surface area contributed by atoms with Crippen LogP contribution in [0.25, 0.3) is 0 Å². The van der Waals surface area contributed by atoms with E-state index in [-0.39, 0.29) is 11.7 Å². The van der Waals surface area contributed by atoms with Gasteiger partial charge < -0.3 is 16.3 Å². The highest BCUT2D eigenvalue weighted by Crippen LogP contribution is 2.16. The van der Waals surface area contributed by atoms with E-state index in [1.165, 1.54) is 0 Å². The first kappa shape index (κ1) is 15.5. The molecule has 0 spiro atoms. The molecule has 1 aromatic rings. The van der Waals surface area contributed by atoms with Gasteiger partial charge in [0, 0.05) is 11.0 Å². The Morgan fingerprint density at radius 2 is 2.21 bits per heavy atom. The molecule has 0 radical (unpaired) electrons. The standard InChI is InChI=1S/C13H18BrN3O2/c1-2-5-10(12(15)17-19)13(18)16-8-9-6-3-4-7-11(9)14/h3-4,6-7,10,19H,2,5,8H2,1H3,(H2,15,17)(H,16,18). The average molecular weight is 328 g/mol. The van der Waals surface area contributed by atoms with Gasteiger partial charge in [-0.1, -0.05) is 52.6 Å². The van der Waals surface area contributed by atoms with E-state index in [1.54, 1.807) is 0 Å². The smallest absolute Gasteiger partial charge is 0.231 e. The molecular formula is C13H18BrN3O2. The number of carbonyl (C=O) groups excluding carboxylic acids is 1. The summed E-state index contributed by atoms with van der Waals surface area (Å²) < 4.78 is 0.936. The first-order valence-electron chi connectivity index (χ1n) is 6.08. The molecule has 4 N–H and O–H groups in total. The van der Waals surface area contributed by atoms with Crippen molar-refractivity contribution < 1.29 is 10.0 Å². The summed E-state index contributed by atoms with van der Waals surface area (Å²) in [6.45, 7) is 2.35. The van der Waals surface area contributed by atoms with Gasteiger partial charge in [-0.25, -0.2) is 0 Å². The van der Waals surface area contributed by atoms with Crippen molar-refractivity contribution in [1.82, 2.24) is 5.32 Å². The van der Waals surface area contributed by atoms with Crippen molar-refractivity contribution >= 4 is 27.7 Å². The van der Waals surface area contributed by atoms with E-state index >= 15 is 0 Å². The maximum Gasteiger partial charge on any atom is 0.231 e. The normalized spacial score (nSPS) is 13.1. The molecule has 0 saturated heterocycles. The quantitative estimate of drug-likeness (QED) is 0.324. The summed E-state index contributed by atoms with van der Waals surface area (Å²) in [6.07, 6.45) is 1.33. The minimum Gasteiger partial charge on any atom is -0.409 e. The fourth-order valence-corrected chi connectivity index (χ4v) is 2.14. The summed E-state index contributed by atoms with van der Waals surface area (Å²) in [5.74, 6) is -0.864. The number of hydrogen-bond donors (Lipinski definition) is 3. The highest BCUT2D eigenvalue weighted by Gasteiger charge is 2.22. The van der Waals surface area contributed by atoms with Crippen LogP contribution in [-0.2, 0) is 11.3 Å². The maximum atomic E-state index is 12.0. The largest absolute Gasteiger partial charge is 0.409 e. The molecule has 0 bridgehead atoms. The van der Waals surface area contributed by atoms with Crippen LogP contribution >= 0.6 is 15.9 Å². The molecule has 19 heavy (non-hydrogen) atoms. The maximum absolute atomic E-state index is 12.0. The van der Waals surface area contributed by atoms with Crippen LogP contribution in [0.5, 0.6) is 0 Å². The molecule has 1 amide bonds. The monoisotopic (exact) mass is 327 g/mol. The number of halogens is 1. The summed E-state index contributed by atoms with van der Waals surface area (Å²) in [4.78, 5) is 12.0. The highest BCUT2D eigenvalue weighted by molar-refractivity contribution is 9.10. The number of benzene rings is 1. The molecule has 104 valence electrons. The second-order valence-corrected chi connectivity index (χ2v) is 5.03. The third-order valence-corrected chi connectivity index (χ3v) is 3.55. The zero-order chi connectivity index (χ0) is 14.3. The van der Waals surface area contributed by atoms with Crippen molar-refractivity contribution in [3.05, 3.63) is 34.3 Å². The molecule has 1 rings (SSSR count). The first-order valence-corrected chi connectivity index (χ1v) is 6.88. The number of nitrogens with one attached hydrogen (secondary N) is 1. The van der Waals surface area contributed by atoms with Crippen molar-refractivity contribution in [1.29, 1.82) is 0 Å². The van der Waals surface area contributed by atoms with E-state index in [4.69, 9.17) is 10.9 Å². The van der Waals surface area contributed by atoms with Crippen molar-refractivity contribution in [2.24, 2.45) is 16.8 Å². The lowest BCUT2D eigenvalue weighted by atomic mass is 10.0. The number of nitrogens with two attached hydrogens (primary N) is 1. The van der Waals surface area contributed by atoms with Crippen molar-refractivity contribution in [3.63, 3.8) is 0 Å². The van der Waals surface area contributed by atoms with E-state index in [0.29, 0.717) is 13.0 Å². The molecular weight excluding hydrogens is 310 g/mol. The molecule has 1 aromatic carbocycles. The fraction of sp³-hybridized carbons (Fsp3) is 0.385. The molecule has 0 fully saturated rings. The van der Waals surface area contributed by atoms with E-state index in [0.717, 1.165) is 16.5 Å². The minimum absolute atomic E-state index is 0.0496. The van der Waals surface area contributed by atoms with Gasteiger partial charge in [0.05, 0.1) is 5.92 Å². The summed E-state index contributed by atoms with van der Waals surface area (Å²) in [6, 6.07) is 7.64. The molecule has 1 atom stereocenters. The lowest BCUT2D eigenvalue weighted by Gasteiger charge is -2.15. The van der Waals surface area contributed by atoms with Gasteiger partial charge in [0.1, 0.15) is 0 Å². The van der Waals surface area contributed by atoms with Gasteiger partial charge in [-0.3, -0.25) is 4.79 Å². The number of rotatable bonds is 6. The number of carbonyl (C=O) groups is 1. The lowest BCUT2D eigenvalue weighted by Crippen LogP contribution is -2.38.